The van der Waals surface area contributed by atoms with Gasteiger partial charge in [-0.05, 0) is 13.8 Å². The van der Waals surface area contributed by atoms with Gasteiger partial charge in [-0.25, -0.2) is 4.79 Å². The summed E-state index contributed by atoms with van der Waals surface area (Å²) in [6.45, 7) is 3.73. The van der Waals surface area contributed by atoms with Gasteiger partial charge in [0.2, 0.25) is 11.9 Å². The van der Waals surface area contributed by atoms with Gasteiger partial charge in [-0.3, -0.25) is 0 Å². The second-order valence-corrected chi connectivity index (χ2v) is 3.34. The molecule has 0 spiro atoms. The average molecular weight is 255 g/mol. The molecule has 0 bridgehead atoms. The summed E-state index contributed by atoms with van der Waals surface area (Å²) in [4.78, 5) is 23.4. The highest BCUT2D eigenvalue weighted by Crippen LogP contribution is 2.11. The zero-order valence-electron chi connectivity index (χ0n) is 10.9. The van der Waals surface area contributed by atoms with E-state index in [4.69, 9.17) is 9.47 Å². The van der Waals surface area contributed by atoms with Crippen molar-refractivity contribution < 1.29 is 14.3 Å². The number of esters is 1. The first-order valence-corrected chi connectivity index (χ1v) is 5.51. The first-order valence-electron chi connectivity index (χ1n) is 5.51. The van der Waals surface area contributed by atoms with Crippen LogP contribution < -0.4 is 15.4 Å². The molecule has 1 aromatic rings. The molecule has 0 amide bonds. The summed E-state index contributed by atoms with van der Waals surface area (Å²) in [5.74, 6) is 0.218. The Morgan fingerprint density at radius 2 is 2.00 bits per heavy atom. The summed E-state index contributed by atoms with van der Waals surface area (Å²) in [6, 6.07) is -0.394. The van der Waals surface area contributed by atoms with E-state index in [1.54, 1.807) is 20.9 Å². The van der Waals surface area contributed by atoms with Crippen LogP contribution in [0.15, 0.2) is 0 Å². The SMILES string of the molecule is CCOC(=O)C(C)Nc1nc(NC)nc(OC)n1. The van der Waals surface area contributed by atoms with Crippen LogP contribution in [0.2, 0.25) is 0 Å². The van der Waals surface area contributed by atoms with Gasteiger partial charge >= 0.3 is 12.0 Å². The van der Waals surface area contributed by atoms with Gasteiger partial charge in [0.25, 0.3) is 0 Å². The summed E-state index contributed by atoms with van der Waals surface area (Å²) < 4.78 is 9.80. The number of nitrogens with one attached hydrogen (secondary N) is 2. The van der Waals surface area contributed by atoms with Gasteiger partial charge in [-0.15, -0.1) is 0 Å². The van der Waals surface area contributed by atoms with Crippen molar-refractivity contribution in [3.8, 4) is 6.01 Å². The molecule has 0 radical (unpaired) electrons. The molecule has 0 aliphatic heterocycles. The normalized spacial score (nSPS) is 11.6. The predicted molar refractivity (Wildman–Crippen MR) is 65.6 cm³/mol. The number of rotatable bonds is 6. The molecule has 2 N–H and O–H groups in total. The minimum Gasteiger partial charge on any atom is -0.467 e. The zero-order chi connectivity index (χ0) is 13.5. The van der Waals surface area contributed by atoms with Gasteiger partial charge in [-0.2, -0.15) is 15.0 Å². The zero-order valence-corrected chi connectivity index (χ0v) is 10.9. The van der Waals surface area contributed by atoms with Crippen LogP contribution >= 0.6 is 0 Å². The molecule has 0 saturated carbocycles. The van der Waals surface area contributed by atoms with Crippen LogP contribution in [0.4, 0.5) is 11.9 Å². The summed E-state index contributed by atoms with van der Waals surface area (Å²) in [6.07, 6.45) is 0. The second-order valence-electron chi connectivity index (χ2n) is 3.34. The fourth-order valence-electron chi connectivity index (χ4n) is 1.14. The summed E-state index contributed by atoms with van der Waals surface area (Å²) in [7, 11) is 3.13. The fourth-order valence-corrected chi connectivity index (χ4v) is 1.14. The molecule has 100 valence electrons. The molecule has 1 aromatic heterocycles. The lowest BCUT2D eigenvalue weighted by Gasteiger charge is -2.13. The minimum absolute atomic E-state index is 0.160. The Kier molecular flexibility index (Phi) is 5.09. The smallest absolute Gasteiger partial charge is 0.328 e. The lowest BCUT2D eigenvalue weighted by atomic mass is 10.3. The maximum atomic E-state index is 11.5. The molecule has 18 heavy (non-hydrogen) atoms. The third-order valence-electron chi connectivity index (χ3n) is 2.01. The topological polar surface area (TPSA) is 98.3 Å². The quantitative estimate of drug-likeness (QED) is 0.700. The third kappa shape index (κ3) is 3.72. The van der Waals surface area contributed by atoms with Gasteiger partial charge in [0.05, 0.1) is 13.7 Å². The molecule has 0 aliphatic carbocycles. The van der Waals surface area contributed by atoms with Crippen molar-refractivity contribution in [1.29, 1.82) is 0 Å². The Hall–Kier alpha value is -2.12. The lowest BCUT2D eigenvalue weighted by Crippen LogP contribution is -2.29. The predicted octanol–water partition coefficient (Wildman–Crippen LogP) is 0.285. The number of nitrogens with zero attached hydrogens (tertiary/aromatic N) is 3. The standard InChI is InChI=1S/C10H17N5O3/c1-5-18-7(16)6(2)12-9-13-8(11-3)14-10(15-9)17-4/h6H,5H2,1-4H3,(H2,11,12,13,14,15). The summed E-state index contributed by atoms with van der Waals surface area (Å²) in [5.41, 5.74) is 0. The molecule has 0 saturated heterocycles. The molecule has 1 unspecified atom stereocenters. The van der Waals surface area contributed by atoms with Crippen LogP contribution in [0.1, 0.15) is 13.8 Å². The third-order valence-corrected chi connectivity index (χ3v) is 2.01. The number of ether oxygens (including phenoxy) is 2. The van der Waals surface area contributed by atoms with E-state index < -0.39 is 6.04 Å². The molecule has 8 nitrogen and oxygen atoms in total. The second kappa shape index (κ2) is 6.58. The molecule has 1 heterocycles. The van der Waals surface area contributed by atoms with E-state index in [1.165, 1.54) is 7.11 Å². The van der Waals surface area contributed by atoms with Crippen molar-refractivity contribution in [3.05, 3.63) is 0 Å². The molecule has 0 aliphatic rings. The molecular formula is C10H17N5O3. The van der Waals surface area contributed by atoms with Crippen LogP contribution in [0, 0.1) is 0 Å². The van der Waals surface area contributed by atoms with Crippen LogP contribution in [-0.4, -0.2) is 47.7 Å². The molecule has 1 rings (SSSR count). The lowest BCUT2D eigenvalue weighted by molar-refractivity contribution is -0.143. The Morgan fingerprint density at radius 1 is 1.33 bits per heavy atom. The van der Waals surface area contributed by atoms with E-state index in [9.17, 15) is 4.79 Å². The van der Waals surface area contributed by atoms with E-state index in [0.29, 0.717) is 12.6 Å². The monoisotopic (exact) mass is 255 g/mol. The number of carbonyl (C=O) groups excluding carboxylic acids is 1. The molecular weight excluding hydrogens is 238 g/mol. The van der Waals surface area contributed by atoms with Crippen LogP contribution in [0.25, 0.3) is 0 Å². The van der Waals surface area contributed by atoms with Gasteiger partial charge < -0.3 is 20.1 Å². The van der Waals surface area contributed by atoms with E-state index in [0.717, 1.165) is 0 Å². The van der Waals surface area contributed by atoms with E-state index in [1.807, 2.05) is 0 Å². The first kappa shape index (κ1) is 13.9. The molecule has 8 heteroatoms. The van der Waals surface area contributed by atoms with Crippen LogP contribution in [0.3, 0.4) is 0 Å². The van der Waals surface area contributed by atoms with Gasteiger partial charge in [-0.1, -0.05) is 0 Å². The number of hydrogen-bond donors (Lipinski definition) is 2. The number of anilines is 2. The maximum absolute atomic E-state index is 11.5. The van der Waals surface area contributed by atoms with Crippen LogP contribution in [0.5, 0.6) is 6.01 Å². The molecule has 0 aromatic carbocycles. The van der Waals surface area contributed by atoms with Crippen molar-refractivity contribution in [3.63, 3.8) is 0 Å². The highest BCUT2D eigenvalue weighted by atomic mass is 16.5. The molecule has 0 fully saturated rings. The van der Waals surface area contributed by atoms with Crippen LogP contribution in [-0.2, 0) is 9.53 Å². The summed E-state index contributed by atoms with van der Waals surface area (Å²) in [5, 5.41) is 5.59. The van der Waals surface area contributed by atoms with E-state index in [-0.39, 0.29) is 17.9 Å². The molecule has 1 atom stereocenters. The Labute approximate surface area is 105 Å². The van der Waals surface area contributed by atoms with Crippen molar-refractivity contribution in [1.82, 2.24) is 15.0 Å². The van der Waals surface area contributed by atoms with Crippen molar-refractivity contribution in [2.75, 3.05) is 31.4 Å². The Balaban J connectivity index is 2.79. The van der Waals surface area contributed by atoms with Crippen molar-refractivity contribution in [2.45, 2.75) is 19.9 Å². The average Bonchev–Trinajstić information content (AvgIpc) is 2.38. The largest absolute Gasteiger partial charge is 0.467 e. The number of aromatic nitrogens is 3. The van der Waals surface area contributed by atoms with Gasteiger partial charge in [0.1, 0.15) is 6.04 Å². The minimum atomic E-state index is -0.554. The van der Waals surface area contributed by atoms with Crippen molar-refractivity contribution >= 4 is 17.9 Å². The maximum Gasteiger partial charge on any atom is 0.328 e. The van der Waals surface area contributed by atoms with Crippen molar-refractivity contribution in [2.24, 2.45) is 0 Å². The highest BCUT2D eigenvalue weighted by molar-refractivity contribution is 5.78. The number of methoxy groups -OCH3 is 1. The number of carbonyl (C=O) groups is 1. The number of hydrogen-bond acceptors (Lipinski definition) is 8. The van der Waals surface area contributed by atoms with E-state index >= 15 is 0 Å². The first-order chi connectivity index (χ1) is 8.60. The fraction of sp³-hybridized carbons (Fsp3) is 0.600. The highest BCUT2D eigenvalue weighted by Gasteiger charge is 2.16. The van der Waals surface area contributed by atoms with Gasteiger partial charge in [0, 0.05) is 7.05 Å². The van der Waals surface area contributed by atoms with Gasteiger partial charge in [0.15, 0.2) is 0 Å². The Bertz CT molecular complexity index is 390. The summed E-state index contributed by atoms with van der Waals surface area (Å²) >= 11 is 0. The van der Waals surface area contributed by atoms with E-state index in [2.05, 4.69) is 25.6 Å². The Morgan fingerprint density at radius 3 is 2.56 bits per heavy atom.